The maximum absolute atomic E-state index is 12.1. The maximum Gasteiger partial charge on any atom is 0.258 e. The zero-order chi connectivity index (χ0) is 13.8. The van der Waals surface area contributed by atoms with Crippen LogP contribution in [0.1, 0.15) is 21.7 Å². The average Bonchev–Trinajstić information content (AvgIpc) is 2.68. The van der Waals surface area contributed by atoms with Crippen LogP contribution in [-0.4, -0.2) is 27.8 Å². The number of aromatic nitrogens is 3. The quantitative estimate of drug-likeness (QED) is 0.905. The molecule has 0 aliphatic heterocycles. The Balaban J connectivity index is 2.15. The SMILES string of the molecule is COCc1cccc(C(=O)Nc2nc(C)nn2C)c1. The molecule has 1 heterocycles. The Hall–Kier alpha value is -2.21. The van der Waals surface area contributed by atoms with Gasteiger partial charge >= 0.3 is 0 Å². The second kappa shape index (κ2) is 5.62. The normalized spacial score (nSPS) is 10.5. The van der Waals surface area contributed by atoms with Crippen molar-refractivity contribution in [2.45, 2.75) is 13.5 Å². The number of carbonyl (C=O) groups excluding carboxylic acids is 1. The molecule has 0 aliphatic rings. The van der Waals surface area contributed by atoms with Gasteiger partial charge in [0.05, 0.1) is 6.61 Å². The fourth-order valence-corrected chi connectivity index (χ4v) is 1.76. The first kappa shape index (κ1) is 13.2. The molecule has 2 aromatic rings. The maximum atomic E-state index is 12.1. The van der Waals surface area contributed by atoms with Crippen molar-refractivity contribution in [1.29, 1.82) is 0 Å². The predicted molar refractivity (Wildman–Crippen MR) is 70.8 cm³/mol. The minimum Gasteiger partial charge on any atom is -0.380 e. The van der Waals surface area contributed by atoms with Gasteiger partial charge in [-0.1, -0.05) is 12.1 Å². The van der Waals surface area contributed by atoms with Crippen LogP contribution in [0.4, 0.5) is 5.95 Å². The molecule has 0 radical (unpaired) electrons. The minimum atomic E-state index is -0.214. The van der Waals surface area contributed by atoms with Crippen molar-refractivity contribution in [2.24, 2.45) is 7.05 Å². The van der Waals surface area contributed by atoms with E-state index < -0.39 is 0 Å². The number of anilines is 1. The highest BCUT2D eigenvalue weighted by Gasteiger charge is 2.11. The van der Waals surface area contributed by atoms with E-state index in [1.165, 1.54) is 4.68 Å². The van der Waals surface area contributed by atoms with Crippen LogP contribution in [0, 0.1) is 6.92 Å². The zero-order valence-corrected chi connectivity index (χ0v) is 11.2. The van der Waals surface area contributed by atoms with Gasteiger partial charge in [0.1, 0.15) is 5.82 Å². The van der Waals surface area contributed by atoms with Crippen LogP contribution in [-0.2, 0) is 18.4 Å². The molecule has 6 heteroatoms. The van der Waals surface area contributed by atoms with E-state index in [4.69, 9.17) is 4.74 Å². The molecule has 0 bridgehead atoms. The number of nitrogens with one attached hydrogen (secondary N) is 1. The summed E-state index contributed by atoms with van der Waals surface area (Å²) in [6.45, 7) is 2.25. The van der Waals surface area contributed by atoms with Crippen molar-refractivity contribution in [3.63, 3.8) is 0 Å². The number of hydrogen-bond donors (Lipinski definition) is 1. The van der Waals surface area contributed by atoms with Gasteiger partial charge in [0.25, 0.3) is 5.91 Å². The molecule has 19 heavy (non-hydrogen) atoms. The first-order chi connectivity index (χ1) is 9.10. The smallest absolute Gasteiger partial charge is 0.258 e. The van der Waals surface area contributed by atoms with Crippen molar-refractivity contribution in [2.75, 3.05) is 12.4 Å². The molecule has 1 aromatic carbocycles. The van der Waals surface area contributed by atoms with Crippen molar-refractivity contribution in [3.8, 4) is 0 Å². The average molecular weight is 260 g/mol. The summed E-state index contributed by atoms with van der Waals surface area (Å²) in [6.07, 6.45) is 0. The van der Waals surface area contributed by atoms with E-state index in [0.717, 1.165) is 5.56 Å². The van der Waals surface area contributed by atoms with Crippen LogP contribution in [0.25, 0.3) is 0 Å². The van der Waals surface area contributed by atoms with Crippen LogP contribution in [0.2, 0.25) is 0 Å². The zero-order valence-electron chi connectivity index (χ0n) is 11.2. The third-order valence-electron chi connectivity index (χ3n) is 2.59. The summed E-state index contributed by atoms with van der Waals surface area (Å²) in [7, 11) is 3.35. The topological polar surface area (TPSA) is 69.0 Å². The Kier molecular flexibility index (Phi) is 3.91. The van der Waals surface area contributed by atoms with Crippen LogP contribution in [0.15, 0.2) is 24.3 Å². The van der Waals surface area contributed by atoms with E-state index in [1.54, 1.807) is 33.2 Å². The largest absolute Gasteiger partial charge is 0.380 e. The standard InChI is InChI=1S/C13H16N4O2/c1-9-14-13(17(2)16-9)15-12(18)11-6-4-5-10(7-11)8-19-3/h4-7H,8H2,1-3H3,(H,14,15,16,18). The molecule has 0 spiro atoms. The predicted octanol–water partition coefficient (Wildman–Crippen LogP) is 1.52. The summed E-state index contributed by atoms with van der Waals surface area (Å²) >= 11 is 0. The fraction of sp³-hybridized carbons (Fsp3) is 0.308. The summed E-state index contributed by atoms with van der Waals surface area (Å²) < 4.78 is 6.58. The molecule has 1 amide bonds. The van der Waals surface area contributed by atoms with Gasteiger partial charge < -0.3 is 4.74 Å². The van der Waals surface area contributed by atoms with Crippen molar-refractivity contribution >= 4 is 11.9 Å². The number of ether oxygens (including phenoxy) is 1. The number of nitrogens with zero attached hydrogens (tertiary/aromatic N) is 3. The molecule has 100 valence electrons. The summed E-state index contributed by atoms with van der Waals surface area (Å²) in [4.78, 5) is 16.2. The molecular weight excluding hydrogens is 244 g/mol. The van der Waals surface area contributed by atoms with Crippen LogP contribution >= 0.6 is 0 Å². The van der Waals surface area contributed by atoms with E-state index in [0.29, 0.717) is 23.9 Å². The monoisotopic (exact) mass is 260 g/mol. The molecule has 0 aliphatic carbocycles. The molecule has 6 nitrogen and oxygen atoms in total. The number of benzene rings is 1. The third-order valence-corrected chi connectivity index (χ3v) is 2.59. The summed E-state index contributed by atoms with van der Waals surface area (Å²) in [6, 6.07) is 7.28. The summed E-state index contributed by atoms with van der Waals surface area (Å²) in [5, 5.41) is 6.80. The van der Waals surface area contributed by atoms with Gasteiger partial charge in [-0.25, -0.2) is 4.68 Å². The number of aryl methyl sites for hydroxylation is 2. The molecule has 0 atom stereocenters. The lowest BCUT2D eigenvalue weighted by atomic mass is 10.1. The van der Waals surface area contributed by atoms with Gasteiger partial charge in [0.2, 0.25) is 5.95 Å². The lowest BCUT2D eigenvalue weighted by Crippen LogP contribution is -2.15. The minimum absolute atomic E-state index is 0.214. The third kappa shape index (κ3) is 3.17. The van der Waals surface area contributed by atoms with E-state index in [9.17, 15) is 4.79 Å². The lowest BCUT2D eigenvalue weighted by Gasteiger charge is -2.05. The molecule has 1 aromatic heterocycles. The molecule has 1 N–H and O–H groups in total. The van der Waals surface area contributed by atoms with Gasteiger partial charge in [-0.2, -0.15) is 10.1 Å². The van der Waals surface area contributed by atoms with Gasteiger partial charge in [-0.3, -0.25) is 10.1 Å². The van der Waals surface area contributed by atoms with Crippen molar-refractivity contribution < 1.29 is 9.53 Å². The van der Waals surface area contributed by atoms with Gasteiger partial charge in [-0.15, -0.1) is 0 Å². The van der Waals surface area contributed by atoms with E-state index >= 15 is 0 Å². The lowest BCUT2D eigenvalue weighted by molar-refractivity contribution is 0.102. The first-order valence-corrected chi connectivity index (χ1v) is 5.87. The Labute approximate surface area is 111 Å². The fourth-order valence-electron chi connectivity index (χ4n) is 1.76. The Bertz CT molecular complexity index is 592. The second-order valence-electron chi connectivity index (χ2n) is 4.19. The molecule has 0 saturated heterocycles. The van der Waals surface area contributed by atoms with Crippen LogP contribution < -0.4 is 5.32 Å². The van der Waals surface area contributed by atoms with Crippen LogP contribution in [0.5, 0.6) is 0 Å². The van der Waals surface area contributed by atoms with E-state index in [1.807, 2.05) is 12.1 Å². The van der Waals surface area contributed by atoms with Gasteiger partial charge in [0, 0.05) is 19.7 Å². The van der Waals surface area contributed by atoms with Crippen molar-refractivity contribution in [3.05, 3.63) is 41.2 Å². The van der Waals surface area contributed by atoms with Crippen molar-refractivity contribution in [1.82, 2.24) is 14.8 Å². The Morgan fingerprint density at radius 1 is 1.47 bits per heavy atom. The highest BCUT2D eigenvalue weighted by Crippen LogP contribution is 2.09. The molecule has 0 fully saturated rings. The molecule has 0 unspecified atom stereocenters. The van der Waals surface area contributed by atoms with Gasteiger partial charge in [-0.05, 0) is 24.6 Å². The molecule has 2 rings (SSSR count). The number of amides is 1. The highest BCUT2D eigenvalue weighted by atomic mass is 16.5. The number of hydrogen-bond acceptors (Lipinski definition) is 4. The first-order valence-electron chi connectivity index (χ1n) is 5.87. The number of methoxy groups -OCH3 is 1. The Morgan fingerprint density at radius 3 is 2.89 bits per heavy atom. The second-order valence-corrected chi connectivity index (χ2v) is 4.19. The molecular formula is C13H16N4O2. The van der Waals surface area contributed by atoms with E-state index in [-0.39, 0.29) is 5.91 Å². The summed E-state index contributed by atoms with van der Waals surface area (Å²) in [5.41, 5.74) is 1.51. The number of rotatable bonds is 4. The molecule has 0 saturated carbocycles. The van der Waals surface area contributed by atoms with E-state index in [2.05, 4.69) is 15.4 Å². The highest BCUT2D eigenvalue weighted by molar-refractivity contribution is 6.03. The summed E-state index contributed by atoms with van der Waals surface area (Å²) in [5.74, 6) is 0.832. The van der Waals surface area contributed by atoms with Gasteiger partial charge in [0.15, 0.2) is 0 Å². The van der Waals surface area contributed by atoms with Crippen LogP contribution in [0.3, 0.4) is 0 Å². The Morgan fingerprint density at radius 2 is 2.26 bits per heavy atom. The number of carbonyl (C=O) groups is 1.